The Morgan fingerprint density at radius 2 is 1.68 bits per heavy atom. The lowest BCUT2D eigenvalue weighted by Crippen LogP contribution is -2.55. The minimum absolute atomic E-state index is 0.0782. The topological polar surface area (TPSA) is 44.6 Å². The number of carbonyl (C=O) groups excluding carboxylic acids is 1. The molecule has 0 aliphatic carbocycles. The molecule has 8 heteroatoms. The number of piperidine rings is 1. The number of fused-ring (bicyclic) bond motifs is 1. The summed E-state index contributed by atoms with van der Waals surface area (Å²) in [5.41, 5.74) is 2.50. The Morgan fingerprint density at radius 3 is 2.45 bits per heavy atom. The number of likely N-dealkylation sites (tertiary alicyclic amines) is 1. The predicted octanol–water partition coefficient (Wildman–Crippen LogP) is 5.97. The van der Waals surface area contributed by atoms with Crippen LogP contribution in [0.15, 0.2) is 85.2 Å². The Labute approximate surface area is 233 Å². The third-order valence-electron chi connectivity index (χ3n) is 8.19. The monoisotopic (exact) mass is 541 g/mol. The van der Waals surface area contributed by atoms with Crippen molar-refractivity contribution in [2.75, 3.05) is 31.6 Å². The first-order valence-electron chi connectivity index (χ1n) is 13.9. The highest BCUT2D eigenvalue weighted by molar-refractivity contribution is 6.02. The minimum atomic E-state index is -0.596. The summed E-state index contributed by atoms with van der Waals surface area (Å²) in [6.07, 6.45) is 5.80. The van der Waals surface area contributed by atoms with E-state index in [1.165, 1.54) is 18.2 Å². The lowest BCUT2D eigenvalue weighted by Gasteiger charge is -2.49. The average molecular weight is 542 g/mol. The smallest absolute Gasteiger partial charge is 0.258 e. The Balaban J connectivity index is 1.15. The van der Waals surface area contributed by atoms with Crippen molar-refractivity contribution in [3.8, 4) is 11.4 Å². The van der Waals surface area contributed by atoms with Crippen molar-refractivity contribution in [2.24, 2.45) is 0 Å². The van der Waals surface area contributed by atoms with Crippen molar-refractivity contribution in [1.29, 1.82) is 0 Å². The first kappa shape index (κ1) is 26.2. The molecule has 1 aromatic heterocycles. The zero-order valence-electron chi connectivity index (χ0n) is 22.6. The molecule has 1 saturated heterocycles. The van der Waals surface area contributed by atoms with Gasteiger partial charge in [0.1, 0.15) is 23.6 Å². The van der Waals surface area contributed by atoms with Gasteiger partial charge in [-0.25, -0.2) is 13.8 Å². The van der Waals surface area contributed by atoms with Crippen molar-refractivity contribution in [3.63, 3.8) is 0 Å². The number of anilines is 1. The third kappa shape index (κ3) is 4.99. The molecule has 40 heavy (non-hydrogen) atoms. The van der Waals surface area contributed by atoms with Crippen molar-refractivity contribution in [2.45, 2.75) is 38.0 Å². The van der Waals surface area contributed by atoms with E-state index >= 15 is 4.39 Å². The standard InChI is InChI=1S/C32H33F2N5O/c1-36-29-13-12-24(33)22-27(29)32(40)39(31(36)26-10-5-6-11-28(26)34)25-14-19-37(20-15-25)17-7-18-38-21-16-35-30(38)23-8-3-2-4-9-23/h2-6,8-13,16,21-22,25,31H,7,14-15,17-20H2,1H3. The van der Waals surface area contributed by atoms with E-state index in [-0.39, 0.29) is 17.8 Å². The van der Waals surface area contributed by atoms with E-state index in [4.69, 9.17) is 0 Å². The second kappa shape index (κ2) is 11.2. The molecule has 3 aromatic carbocycles. The van der Waals surface area contributed by atoms with Gasteiger partial charge in [-0.3, -0.25) is 4.79 Å². The number of carbonyl (C=O) groups is 1. The number of amides is 1. The van der Waals surface area contributed by atoms with Crippen LogP contribution in [-0.2, 0) is 6.54 Å². The van der Waals surface area contributed by atoms with Gasteiger partial charge in [0.25, 0.3) is 5.91 Å². The molecule has 0 saturated carbocycles. The van der Waals surface area contributed by atoms with Gasteiger partial charge in [0.2, 0.25) is 0 Å². The largest absolute Gasteiger partial charge is 0.350 e. The first-order chi connectivity index (χ1) is 19.5. The van der Waals surface area contributed by atoms with Gasteiger partial charge in [-0.05, 0) is 50.1 Å². The van der Waals surface area contributed by atoms with Gasteiger partial charge in [0, 0.05) is 56.2 Å². The molecule has 0 N–H and O–H groups in total. The van der Waals surface area contributed by atoms with E-state index in [9.17, 15) is 9.18 Å². The van der Waals surface area contributed by atoms with Gasteiger partial charge >= 0.3 is 0 Å². The average Bonchev–Trinajstić information content (AvgIpc) is 3.45. The molecule has 1 amide bonds. The number of hydrogen-bond acceptors (Lipinski definition) is 4. The summed E-state index contributed by atoms with van der Waals surface area (Å²) >= 11 is 0. The van der Waals surface area contributed by atoms with Gasteiger partial charge in [-0.15, -0.1) is 0 Å². The lowest BCUT2D eigenvalue weighted by atomic mass is 9.95. The maximum Gasteiger partial charge on any atom is 0.258 e. The van der Waals surface area contributed by atoms with Crippen LogP contribution >= 0.6 is 0 Å². The van der Waals surface area contributed by atoms with Crippen molar-refractivity contribution in [1.82, 2.24) is 19.4 Å². The van der Waals surface area contributed by atoms with Gasteiger partial charge in [-0.1, -0.05) is 48.5 Å². The SMILES string of the molecule is CN1c2ccc(F)cc2C(=O)N(C2CCN(CCCn3ccnc3-c3ccccc3)CC2)C1c1ccccc1F. The molecular weight excluding hydrogens is 508 g/mol. The van der Waals surface area contributed by atoms with Gasteiger partial charge in [-0.2, -0.15) is 0 Å². The predicted molar refractivity (Wildman–Crippen MR) is 152 cm³/mol. The summed E-state index contributed by atoms with van der Waals surface area (Å²) in [7, 11) is 1.85. The normalized spacial score (nSPS) is 18.3. The number of aryl methyl sites for hydroxylation is 1. The van der Waals surface area contributed by atoms with E-state index in [0.29, 0.717) is 16.8 Å². The van der Waals surface area contributed by atoms with Crippen LogP contribution in [0.1, 0.15) is 41.3 Å². The number of nitrogens with zero attached hydrogens (tertiary/aromatic N) is 5. The highest BCUT2D eigenvalue weighted by Crippen LogP contribution is 2.41. The Morgan fingerprint density at radius 1 is 0.925 bits per heavy atom. The molecular formula is C32H33F2N5O. The zero-order valence-corrected chi connectivity index (χ0v) is 22.6. The fourth-order valence-corrected chi connectivity index (χ4v) is 6.19. The first-order valence-corrected chi connectivity index (χ1v) is 13.9. The van der Waals surface area contributed by atoms with Crippen LogP contribution < -0.4 is 4.90 Å². The van der Waals surface area contributed by atoms with Crippen LogP contribution in [0, 0.1) is 11.6 Å². The number of aromatic nitrogens is 2. The van der Waals surface area contributed by atoms with Crippen LogP contribution in [0.4, 0.5) is 14.5 Å². The summed E-state index contributed by atoms with van der Waals surface area (Å²) in [5, 5.41) is 0. The minimum Gasteiger partial charge on any atom is -0.350 e. The van der Waals surface area contributed by atoms with Crippen molar-refractivity contribution >= 4 is 11.6 Å². The van der Waals surface area contributed by atoms with Crippen LogP contribution in [-0.4, -0.2) is 58.0 Å². The third-order valence-corrected chi connectivity index (χ3v) is 8.19. The number of rotatable bonds is 7. The summed E-state index contributed by atoms with van der Waals surface area (Å²) in [4.78, 5) is 24.5. The molecule has 6 nitrogen and oxygen atoms in total. The summed E-state index contributed by atoms with van der Waals surface area (Å²) in [6, 6.07) is 21.0. The molecule has 1 fully saturated rings. The Bertz CT molecular complexity index is 1480. The number of imidazole rings is 1. The van der Waals surface area contributed by atoms with Crippen LogP contribution in [0.2, 0.25) is 0 Å². The van der Waals surface area contributed by atoms with E-state index < -0.39 is 12.0 Å². The molecule has 6 rings (SSSR count). The summed E-state index contributed by atoms with van der Waals surface area (Å²) in [6.45, 7) is 3.50. The second-order valence-corrected chi connectivity index (χ2v) is 10.6. The van der Waals surface area contributed by atoms with Crippen molar-refractivity contribution in [3.05, 3.63) is 108 Å². The molecule has 2 aliphatic rings. The van der Waals surface area contributed by atoms with Crippen LogP contribution in [0.5, 0.6) is 0 Å². The molecule has 206 valence electrons. The van der Waals surface area contributed by atoms with Crippen LogP contribution in [0.25, 0.3) is 11.4 Å². The molecule has 0 spiro atoms. The van der Waals surface area contributed by atoms with Gasteiger partial charge in [0.15, 0.2) is 0 Å². The van der Waals surface area contributed by atoms with E-state index in [1.54, 1.807) is 29.2 Å². The fourth-order valence-electron chi connectivity index (χ4n) is 6.19. The lowest BCUT2D eigenvalue weighted by molar-refractivity contribution is 0.0399. The molecule has 1 atom stereocenters. The molecule has 0 radical (unpaired) electrons. The molecule has 3 heterocycles. The molecule has 1 unspecified atom stereocenters. The quantitative estimate of drug-likeness (QED) is 0.289. The highest BCUT2D eigenvalue weighted by Gasteiger charge is 2.42. The van der Waals surface area contributed by atoms with Crippen molar-refractivity contribution < 1.29 is 13.6 Å². The van der Waals surface area contributed by atoms with E-state index in [2.05, 4.69) is 26.6 Å². The number of halogens is 2. The maximum absolute atomic E-state index is 15.1. The molecule has 2 aliphatic heterocycles. The summed E-state index contributed by atoms with van der Waals surface area (Å²) in [5.74, 6) is -0.0711. The maximum atomic E-state index is 15.1. The number of hydrogen-bond donors (Lipinski definition) is 0. The molecule has 0 bridgehead atoms. The fraction of sp³-hybridized carbons (Fsp3) is 0.312. The Kier molecular flexibility index (Phi) is 7.34. The van der Waals surface area contributed by atoms with Crippen LogP contribution in [0.3, 0.4) is 0 Å². The second-order valence-electron chi connectivity index (χ2n) is 10.6. The van der Waals surface area contributed by atoms with Gasteiger partial charge < -0.3 is 19.3 Å². The van der Waals surface area contributed by atoms with E-state index in [0.717, 1.165) is 56.8 Å². The highest BCUT2D eigenvalue weighted by atomic mass is 19.1. The summed E-state index contributed by atoms with van der Waals surface area (Å²) < 4.78 is 31.4. The molecule has 4 aromatic rings. The van der Waals surface area contributed by atoms with E-state index in [1.807, 2.05) is 42.5 Å². The Hall–Kier alpha value is -4.04. The number of benzene rings is 3. The van der Waals surface area contributed by atoms with Gasteiger partial charge in [0.05, 0.1) is 11.3 Å². The zero-order chi connectivity index (χ0) is 27.6.